The fourth-order valence-electron chi connectivity index (χ4n) is 1.17. The summed E-state index contributed by atoms with van der Waals surface area (Å²) in [5, 5.41) is 3.08. The number of hydrogen-bond acceptors (Lipinski definition) is 4. The van der Waals surface area contributed by atoms with Gasteiger partial charge in [0, 0.05) is 25.6 Å². The predicted octanol–water partition coefficient (Wildman–Crippen LogP) is 1.34. The second kappa shape index (κ2) is 5.65. The molecule has 1 aromatic heterocycles. The van der Waals surface area contributed by atoms with E-state index in [-0.39, 0.29) is 17.6 Å². The molecule has 0 spiro atoms. The highest BCUT2D eigenvalue weighted by Gasteiger charge is 2.06. The van der Waals surface area contributed by atoms with Crippen LogP contribution in [0.15, 0.2) is 10.9 Å². The van der Waals surface area contributed by atoms with Crippen molar-refractivity contribution in [2.45, 2.75) is 32.8 Å². The summed E-state index contributed by atoms with van der Waals surface area (Å²) in [5.74, 6) is 1.49. The van der Waals surface area contributed by atoms with Crippen molar-refractivity contribution < 1.29 is 4.74 Å². The fourth-order valence-corrected chi connectivity index (χ4v) is 1.17. The molecule has 0 aliphatic rings. The van der Waals surface area contributed by atoms with Gasteiger partial charge in [0.2, 0.25) is 0 Å². The zero-order chi connectivity index (χ0) is 12.1. The molecule has 1 heterocycles. The van der Waals surface area contributed by atoms with Crippen LogP contribution in [0, 0.1) is 0 Å². The molecule has 1 unspecified atom stereocenters. The number of aromatic amines is 1. The molecule has 1 aromatic rings. The van der Waals surface area contributed by atoms with Gasteiger partial charge in [-0.05, 0) is 6.92 Å². The van der Waals surface area contributed by atoms with Gasteiger partial charge in [0.25, 0.3) is 5.56 Å². The fraction of sp³-hybridized carbons (Fsp3) is 0.636. The van der Waals surface area contributed by atoms with Crippen molar-refractivity contribution in [1.82, 2.24) is 9.97 Å². The van der Waals surface area contributed by atoms with E-state index in [0.717, 1.165) is 0 Å². The van der Waals surface area contributed by atoms with Crippen LogP contribution in [0.2, 0.25) is 0 Å². The first-order chi connectivity index (χ1) is 7.52. The number of methoxy groups -OCH3 is 1. The van der Waals surface area contributed by atoms with E-state index in [2.05, 4.69) is 15.3 Å². The van der Waals surface area contributed by atoms with Crippen molar-refractivity contribution >= 4 is 5.82 Å². The zero-order valence-electron chi connectivity index (χ0n) is 10.2. The van der Waals surface area contributed by atoms with Crippen LogP contribution in [-0.2, 0) is 4.74 Å². The van der Waals surface area contributed by atoms with Crippen LogP contribution in [0.25, 0.3) is 0 Å². The van der Waals surface area contributed by atoms with Crippen LogP contribution in [0.4, 0.5) is 5.82 Å². The zero-order valence-corrected chi connectivity index (χ0v) is 10.2. The average molecular weight is 225 g/mol. The van der Waals surface area contributed by atoms with Crippen molar-refractivity contribution in [3.05, 3.63) is 22.2 Å². The molecule has 1 rings (SSSR count). The Labute approximate surface area is 95.3 Å². The number of nitrogens with zero attached hydrogens (tertiary/aromatic N) is 1. The molecule has 0 aliphatic carbocycles. The molecule has 90 valence electrons. The maximum absolute atomic E-state index is 11.4. The minimum absolute atomic E-state index is 0.0867. The molecule has 0 radical (unpaired) electrons. The minimum Gasteiger partial charge on any atom is -0.380 e. The van der Waals surface area contributed by atoms with Gasteiger partial charge >= 0.3 is 0 Å². The lowest BCUT2D eigenvalue weighted by atomic mass is 10.2. The van der Waals surface area contributed by atoms with Gasteiger partial charge < -0.3 is 15.0 Å². The van der Waals surface area contributed by atoms with Crippen LogP contribution >= 0.6 is 0 Å². The van der Waals surface area contributed by atoms with Gasteiger partial charge in [-0.2, -0.15) is 0 Å². The Morgan fingerprint density at radius 1 is 1.50 bits per heavy atom. The summed E-state index contributed by atoms with van der Waals surface area (Å²) in [7, 11) is 1.65. The number of aromatic nitrogens is 2. The van der Waals surface area contributed by atoms with E-state index in [1.807, 2.05) is 20.8 Å². The van der Waals surface area contributed by atoms with Gasteiger partial charge in [-0.3, -0.25) is 4.79 Å². The van der Waals surface area contributed by atoms with E-state index in [9.17, 15) is 4.79 Å². The van der Waals surface area contributed by atoms with E-state index in [4.69, 9.17) is 4.74 Å². The van der Waals surface area contributed by atoms with E-state index in [1.54, 1.807) is 7.11 Å². The van der Waals surface area contributed by atoms with E-state index in [0.29, 0.717) is 18.2 Å². The summed E-state index contributed by atoms with van der Waals surface area (Å²) < 4.78 is 5.10. The quantitative estimate of drug-likeness (QED) is 0.793. The van der Waals surface area contributed by atoms with Crippen molar-refractivity contribution in [3.8, 4) is 0 Å². The summed E-state index contributed by atoms with van der Waals surface area (Å²) in [6.45, 7) is 6.55. The number of H-pyrrole nitrogens is 1. The third-order valence-corrected chi connectivity index (χ3v) is 2.28. The predicted molar refractivity (Wildman–Crippen MR) is 63.9 cm³/mol. The molecule has 5 nitrogen and oxygen atoms in total. The number of hydrogen-bond donors (Lipinski definition) is 2. The first-order valence-electron chi connectivity index (χ1n) is 5.41. The SMILES string of the molecule is COC(C)CNc1cc(=O)[nH]c(C(C)C)n1. The Morgan fingerprint density at radius 3 is 2.75 bits per heavy atom. The lowest BCUT2D eigenvalue weighted by molar-refractivity contribution is 0.128. The number of ether oxygens (including phenoxy) is 1. The lowest BCUT2D eigenvalue weighted by Gasteiger charge is -2.12. The third-order valence-electron chi connectivity index (χ3n) is 2.28. The Balaban J connectivity index is 2.77. The van der Waals surface area contributed by atoms with Gasteiger partial charge in [0.15, 0.2) is 0 Å². The van der Waals surface area contributed by atoms with Gasteiger partial charge in [0.1, 0.15) is 11.6 Å². The molecule has 0 aliphatic heterocycles. The molecule has 0 amide bonds. The van der Waals surface area contributed by atoms with Crippen molar-refractivity contribution in [1.29, 1.82) is 0 Å². The van der Waals surface area contributed by atoms with Crippen molar-refractivity contribution in [2.75, 3.05) is 19.0 Å². The molecule has 0 aromatic carbocycles. The average Bonchev–Trinajstić information content (AvgIpc) is 2.25. The maximum atomic E-state index is 11.4. The monoisotopic (exact) mass is 225 g/mol. The van der Waals surface area contributed by atoms with Crippen LogP contribution < -0.4 is 10.9 Å². The number of rotatable bonds is 5. The van der Waals surface area contributed by atoms with E-state index >= 15 is 0 Å². The molecular formula is C11H19N3O2. The first-order valence-corrected chi connectivity index (χ1v) is 5.41. The number of nitrogens with one attached hydrogen (secondary N) is 2. The molecule has 0 bridgehead atoms. The first kappa shape index (κ1) is 12.7. The standard InChI is InChI=1S/C11H19N3O2/c1-7(2)11-13-9(5-10(15)14-11)12-6-8(3)16-4/h5,7-8H,6H2,1-4H3,(H2,12,13,14,15). The maximum Gasteiger partial charge on any atom is 0.252 e. The van der Waals surface area contributed by atoms with Crippen molar-refractivity contribution in [3.63, 3.8) is 0 Å². The van der Waals surface area contributed by atoms with E-state index in [1.165, 1.54) is 6.07 Å². The molecule has 5 heteroatoms. The van der Waals surface area contributed by atoms with E-state index < -0.39 is 0 Å². The molecule has 1 atom stereocenters. The molecule has 0 saturated heterocycles. The molecule has 2 N–H and O–H groups in total. The summed E-state index contributed by atoms with van der Waals surface area (Å²) in [6, 6.07) is 1.45. The Kier molecular flexibility index (Phi) is 4.49. The van der Waals surface area contributed by atoms with Crippen LogP contribution in [0.3, 0.4) is 0 Å². The van der Waals surface area contributed by atoms with Crippen LogP contribution in [-0.4, -0.2) is 29.7 Å². The smallest absolute Gasteiger partial charge is 0.252 e. The van der Waals surface area contributed by atoms with Gasteiger partial charge in [-0.1, -0.05) is 13.8 Å². The Morgan fingerprint density at radius 2 is 2.19 bits per heavy atom. The highest BCUT2D eigenvalue weighted by Crippen LogP contribution is 2.08. The van der Waals surface area contributed by atoms with Crippen molar-refractivity contribution in [2.24, 2.45) is 0 Å². The normalized spacial score (nSPS) is 12.8. The molecule has 16 heavy (non-hydrogen) atoms. The minimum atomic E-state index is -0.133. The Hall–Kier alpha value is -1.36. The largest absolute Gasteiger partial charge is 0.380 e. The van der Waals surface area contributed by atoms with Crippen LogP contribution in [0.5, 0.6) is 0 Å². The molecule has 0 fully saturated rings. The second-order valence-corrected chi connectivity index (χ2v) is 4.10. The molecular weight excluding hydrogens is 206 g/mol. The lowest BCUT2D eigenvalue weighted by Crippen LogP contribution is -2.21. The van der Waals surface area contributed by atoms with Gasteiger partial charge in [0.05, 0.1) is 6.10 Å². The highest BCUT2D eigenvalue weighted by molar-refractivity contribution is 5.33. The topological polar surface area (TPSA) is 67.0 Å². The van der Waals surface area contributed by atoms with Gasteiger partial charge in [-0.25, -0.2) is 4.98 Å². The Bertz CT molecular complexity index is 387. The molecule has 0 saturated carbocycles. The number of anilines is 1. The summed E-state index contributed by atoms with van der Waals surface area (Å²) >= 11 is 0. The van der Waals surface area contributed by atoms with Gasteiger partial charge in [-0.15, -0.1) is 0 Å². The third kappa shape index (κ3) is 3.66. The summed E-state index contributed by atoms with van der Waals surface area (Å²) in [5.41, 5.74) is -0.133. The van der Waals surface area contributed by atoms with Crippen LogP contribution in [0.1, 0.15) is 32.5 Å². The summed E-state index contributed by atoms with van der Waals surface area (Å²) in [6.07, 6.45) is 0.0867. The highest BCUT2D eigenvalue weighted by atomic mass is 16.5. The second-order valence-electron chi connectivity index (χ2n) is 4.10. The summed E-state index contributed by atoms with van der Waals surface area (Å²) in [4.78, 5) is 18.4.